The maximum Gasteiger partial charge on any atom is 0.0548 e. The number of fused-ring (bicyclic) bond motifs is 1. The van der Waals surface area contributed by atoms with Gasteiger partial charge in [0.2, 0.25) is 0 Å². The number of rotatable bonds is 3. The van der Waals surface area contributed by atoms with E-state index in [-0.39, 0.29) is 0 Å². The number of nitrogens with two attached hydrogens (primary N) is 1. The van der Waals surface area contributed by atoms with E-state index in [1.54, 1.807) is 0 Å². The van der Waals surface area contributed by atoms with Crippen LogP contribution in [0.5, 0.6) is 0 Å². The summed E-state index contributed by atoms with van der Waals surface area (Å²) >= 11 is 9.68. The van der Waals surface area contributed by atoms with Crippen LogP contribution in [0.2, 0.25) is 5.02 Å². The molecular formula is C17H24BrClN2. The second-order valence-corrected chi connectivity index (χ2v) is 7.68. The van der Waals surface area contributed by atoms with Gasteiger partial charge in [0.25, 0.3) is 0 Å². The van der Waals surface area contributed by atoms with Crippen molar-refractivity contribution in [2.75, 3.05) is 13.1 Å². The lowest BCUT2D eigenvalue weighted by atomic mass is 9.77. The first-order valence-corrected chi connectivity index (χ1v) is 9.28. The first-order valence-electron chi connectivity index (χ1n) is 8.11. The molecule has 0 spiro atoms. The van der Waals surface area contributed by atoms with Crippen LogP contribution in [-0.4, -0.2) is 24.0 Å². The van der Waals surface area contributed by atoms with E-state index in [2.05, 4.69) is 33.0 Å². The van der Waals surface area contributed by atoms with Gasteiger partial charge in [-0.1, -0.05) is 30.5 Å². The fraction of sp³-hybridized carbons (Fsp3) is 0.647. The zero-order valence-corrected chi connectivity index (χ0v) is 14.7. The van der Waals surface area contributed by atoms with Crippen LogP contribution in [0.1, 0.15) is 50.1 Å². The summed E-state index contributed by atoms with van der Waals surface area (Å²) in [6.45, 7) is 1.86. The van der Waals surface area contributed by atoms with E-state index in [0.717, 1.165) is 21.5 Å². The van der Waals surface area contributed by atoms with Gasteiger partial charge in [0, 0.05) is 23.1 Å². The second kappa shape index (κ2) is 6.99. The summed E-state index contributed by atoms with van der Waals surface area (Å²) in [6.07, 6.45) is 8.25. The minimum Gasteiger partial charge on any atom is -0.329 e. The lowest BCUT2D eigenvalue weighted by Gasteiger charge is -2.47. The normalized spacial score (nSPS) is 28.1. The number of halogens is 2. The average Bonchev–Trinajstić information content (AvgIpc) is 2.52. The molecule has 21 heavy (non-hydrogen) atoms. The van der Waals surface area contributed by atoms with Crippen LogP contribution in [0, 0.1) is 5.92 Å². The summed E-state index contributed by atoms with van der Waals surface area (Å²) in [7, 11) is 0. The number of piperidine rings is 1. The Morgan fingerprint density at radius 3 is 2.76 bits per heavy atom. The van der Waals surface area contributed by atoms with Crippen molar-refractivity contribution in [2.45, 2.75) is 50.6 Å². The standard InChI is InChI=1S/C17H24BrClN2/c18-14-10-13(7-8-15(14)19)17(11-20)21-9-3-5-12-4-1-2-6-16(12)21/h7-8,10,12,16-17H,1-6,9,11,20H2/t12-,16-,17?/m1/s1. The van der Waals surface area contributed by atoms with Crippen molar-refractivity contribution in [3.05, 3.63) is 33.3 Å². The zero-order chi connectivity index (χ0) is 14.8. The van der Waals surface area contributed by atoms with Gasteiger partial charge in [-0.05, 0) is 71.8 Å². The molecule has 2 N–H and O–H groups in total. The minimum absolute atomic E-state index is 0.324. The van der Waals surface area contributed by atoms with Gasteiger partial charge in [-0.15, -0.1) is 0 Å². The molecule has 1 saturated carbocycles. The Morgan fingerprint density at radius 1 is 1.24 bits per heavy atom. The third kappa shape index (κ3) is 3.31. The van der Waals surface area contributed by atoms with E-state index in [9.17, 15) is 0 Å². The highest BCUT2D eigenvalue weighted by Gasteiger charge is 2.36. The topological polar surface area (TPSA) is 29.3 Å². The quantitative estimate of drug-likeness (QED) is 0.830. The molecule has 0 bridgehead atoms. The predicted molar refractivity (Wildman–Crippen MR) is 92.6 cm³/mol. The molecule has 2 nitrogen and oxygen atoms in total. The largest absolute Gasteiger partial charge is 0.329 e. The molecule has 2 fully saturated rings. The van der Waals surface area contributed by atoms with Crippen molar-refractivity contribution in [1.29, 1.82) is 0 Å². The molecule has 0 radical (unpaired) electrons. The third-order valence-electron chi connectivity index (χ3n) is 5.24. The summed E-state index contributed by atoms with van der Waals surface area (Å²) in [4.78, 5) is 2.68. The van der Waals surface area contributed by atoms with Crippen molar-refractivity contribution in [3.8, 4) is 0 Å². The number of likely N-dealkylation sites (tertiary alicyclic amines) is 1. The number of hydrogen-bond donors (Lipinski definition) is 1. The van der Waals surface area contributed by atoms with Crippen LogP contribution in [0.15, 0.2) is 22.7 Å². The Kier molecular flexibility index (Phi) is 5.26. The third-order valence-corrected chi connectivity index (χ3v) is 6.45. The first kappa shape index (κ1) is 15.8. The fourth-order valence-electron chi connectivity index (χ4n) is 4.23. The lowest BCUT2D eigenvalue weighted by Crippen LogP contribution is -2.49. The molecule has 1 aromatic carbocycles. The molecule has 1 unspecified atom stereocenters. The van der Waals surface area contributed by atoms with Gasteiger partial charge in [-0.2, -0.15) is 0 Å². The lowest BCUT2D eigenvalue weighted by molar-refractivity contribution is 0.0276. The Morgan fingerprint density at radius 2 is 2.00 bits per heavy atom. The predicted octanol–water partition coefficient (Wildman–Crippen LogP) is 4.76. The van der Waals surface area contributed by atoms with Crippen LogP contribution in [0.3, 0.4) is 0 Å². The second-order valence-electron chi connectivity index (χ2n) is 6.42. The van der Waals surface area contributed by atoms with Gasteiger partial charge in [-0.3, -0.25) is 4.90 Å². The van der Waals surface area contributed by atoms with Gasteiger partial charge >= 0.3 is 0 Å². The van der Waals surface area contributed by atoms with Crippen LogP contribution in [0.4, 0.5) is 0 Å². The molecule has 2 aliphatic rings. The van der Waals surface area contributed by atoms with E-state index >= 15 is 0 Å². The van der Waals surface area contributed by atoms with Crippen molar-refractivity contribution >= 4 is 27.5 Å². The van der Waals surface area contributed by atoms with Gasteiger partial charge in [0.15, 0.2) is 0 Å². The molecule has 1 aliphatic heterocycles. The molecule has 1 aromatic rings. The molecular weight excluding hydrogens is 348 g/mol. The highest BCUT2D eigenvalue weighted by molar-refractivity contribution is 9.10. The summed E-state index contributed by atoms with van der Waals surface area (Å²) in [5.74, 6) is 0.886. The monoisotopic (exact) mass is 370 g/mol. The van der Waals surface area contributed by atoms with Crippen molar-refractivity contribution in [3.63, 3.8) is 0 Å². The van der Waals surface area contributed by atoms with Gasteiger partial charge in [0.1, 0.15) is 0 Å². The molecule has 1 saturated heterocycles. The van der Waals surface area contributed by atoms with Crippen LogP contribution < -0.4 is 5.73 Å². The van der Waals surface area contributed by atoms with E-state index in [0.29, 0.717) is 12.6 Å². The van der Waals surface area contributed by atoms with E-state index in [1.807, 2.05) is 6.07 Å². The molecule has 4 heteroatoms. The van der Waals surface area contributed by atoms with E-state index in [4.69, 9.17) is 17.3 Å². The van der Waals surface area contributed by atoms with Gasteiger partial charge < -0.3 is 5.73 Å². The molecule has 0 amide bonds. The zero-order valence-electron chi connectivity index (χ0n) is 12.4. The number of benzene rings is 1. The Labute approximate surface area is 141 Å². The van der Waals surface area contributed by atoms with Crippen molar-refractivity contribution in [1.82, 2.24) is 4.90 Å². The summed E-state index contributed by atoms with van der Waals surface area (Å²) in [6, 6.07) is 7.31. The minimum atomic E-state index is 0.324. The average molecular weight is 372 g/mol. The smallest absolute Gasteiger partial charge is 0.0548 e. The highest BCUT2D eigenvalue weighted by atomic mass is 79.9. The molecule has 116 valence electrons. The van der Waals surface area contributed by atoms with Gasteiger partial charge in [-0.25, -0.2) is 0 Å². The molecule has 3 atom stereocenters. The molecule has 3 rings (SSSR count). The molecule has 1 aliphatic carbocycles. The fourth-order valence-corrected chi connectivity index (χ4v) is 4.75. The van der Waals surface area contributed by atoms with Gasteiger partial charge in [0.05, 0.1) is 5.02 Å². The van der Waals surface area contributed by atoms with Crippen molar-refractivity contribution < 1.29 is 0 Å². The van der Waals surface area contributed by atoms with Crippen LogP contribution in [0.25, 0.3) is 0 Å². The highest BCUT2D eigenvalue weighted by Crippen LogP contribution is 2.39. The maximum atomic E-state index is 6.16. The number of nitrogens with zero attached hydrogens (tertiary/aromatic N) is 1. The van der Waals surface area contributed by atoms with Crippen LogP contribution >= 0.6 is 27.5 Å². The Bertz CT molecular complexity index is 492. The SMILES string of the molecule is NCC(c1ccc(Cl)c(Br)c1)N1CCC[C@H]2CCCC[C@H]21. The molecule has 0 aromatic heterocycles. The summed E-state index contributed by atoms with van der Waals surface area (Å²) < 4.78 is 0.970. The van der Waals surface area contributed by atoms with Crippen LogP contribution in [-0.2, 0) is 0 Å². The van der Waals surface area contributed by atoms with E-state index in [1.165, 1.54) is 50.6 Å². The number of hydrogen-bond acceptors (Lipinski definition) is 2. The van der Waals surface area contributed by atoms with E-state index < -0.39 is 0 Å². The Hall–Kier alpha value is -0.0900. The molecule has 1 heterocycles. The summed E-state index contributed by atoms with van der Waals surface area (Å²) in [5, 5.41) is 0.767. The summed E-state index contributed by atoms with van der Waals surface area (Å²) in [5.41, 5.74) is 7.45. The van der Waals surface area contributed by atoms with Crippen molar-refractivity contribution in [2.24, 2.45) is 11.7 Å². The maximum absolute atomic E-state index is 6.16. The first-order chi connectivity index (χ1) is 10.2. The Balaban J connectivity index is 1.85.